The minimum Gasteiger partial charge on any atom is -0.0874 e. The van der Waals surface area contributed by atoms with Crippen LogP contribution in [0.4, 0.5) is 0 Å². The summed E-state index contributed by atoms with van der Waals surface area (Å²) < 4.78 is 0. The molecule has 0 bridgehead atoms. The van der Waals surface area contributed by atoms with Gasteiger partial charge in [0.25, 0.3) is 0 Å². The molecular weight excluding hydrogens is 286 g/mol. The predicted molar refractivity (Wildman–Crippen MR) is 108 cm³/mol. The molecule has 0 N–H and O–H groups in total. The standard InChI is InChI=1S/C22H22B2/c1-17(2)23-21-13-9-19(10-14-21)7-5-6-8-20-11-15-22(16-12-20)24-18(3)4/h9-18H,1-4H3. The van der Waals surface area contributed by atoms with E-state index in [0.29, 0.717) is 11.6 Å². The first-order valence-corrected chi connectivity index (χ1v) is 8.45. The first-order chi connectivity index (χ1) is 11.5. The van der Waals surface area contributed by atoms with E-state index in [-0.39, 0.29) is 0 Å². The largest absolute Gasteiger partial charge is 0.154 e. The third-order valence-electron chi connectivity index (χ3n) is 3.35. The number of rotatable bonds is 4. The monoisotopic (exact) mass is 308 g/mol. The van der Waals surface area contributed by atoms with E-state index in [1.807, 2.05) is 24.3 Å². The summed E-state index contributed by atoms with van der Waals surface area (Å²) in [5, 5.41) is 0. The molecule has 0 unspecified atom stereocenters. The van der Waals surface area contributed by atoms with Gasteiger partial charge in [0.2, 0.25) is 0 Å². The molecule has 2 radical (unpaired) electrons. The molecule has 0 atom stereocenters. The first-order valence-electron chi connectivity index (χ1n) is 8.45. The van der Waals surface area contributed by atoms with Crippen LogP contribution >= 0.6 is 0 Å². The summed E-state index contributed by atoms with van der Waals surface area (Å²) in [6.45, 7) is 8.71. The summed E-state index contributed by atoms with van der Waals surface area (Å²) in [5.41, 5.74) is 4.46. The molecule has 0 saturated heterocycles. The van der Waals surface area contributed by atoms with Crippen molar-refractivity contribution in [3.8, 4) is 23.7 Å². The summed E-state index contributed by atoms with van der Waals surface area (Å²) in [6, 6.07) is 16.6. The van der Waals surface area contributed by atoms with E-state index in [4.69, 9.17) is 0 Å². The van der Waals surface area contributed by atoms with Crippen molar-refractivity contribution in [2.24, 2.45) is 0 Å². The van der Waals surface area contributed by atoms with Crippen LogP contribution in [0.25, 0.3) is 0 Å². The molecule has 2 aromatic carbocycles. The maximum absolute atomic E-state index is 3.09. The average Bonchev–Trinajstić information content (AvgIpc) is 2.53. The van der Waals surface area contributed by atoms with Gasteiger partial charge in [0, 0.05) is 11.1 Å². The Morgan fingerprint density at radius 3 is 1.21 bits per heavy atom. The van der Waals surface area contributed by atoms with Crippen LogP contribution in [0.1, 0.15) is 38.8 Å². The van der Waals surface area contributed by atoms with Crippen LogP contribution in [0.3, 0.4) is 0 Å². The Labute approximate surface area is 148 Å². The Bertz CT molecular complexity index is 692. The van der Waals surface area contributed by atoms with Gasteiger partial charge in [-0.3, -0.25) is 0 Å². The fourth-order valence-electron chi connectivity index (χ4n) is 2.33. The lowest BCUT2D eigenvalue weighted by atomic mass is 9.61. The topological polar surface area (TPSA) is 0 Å². The normalized spacial score (nSPS) is 9.75. The quantitative estimate of drug-likeness (QED) is 0.600. The maximum Gasteiger partial charge on any atom is 0.154 e. The van der Waals surface area contributed by atoms with Crippen molar-refractivity contribution < 1.29 is 0 Å². The molecule has 2 rings (SSSR count). The molecule has 0 aliphatic rings. The van der Waals surface area contributed by atoms with Gasteiger partial charge in [-0.1, -0.05) is 86.4 Å². The lowest BCUT2D eigenvalue weighted by molar-refractivity contribution is 1.07. The predicted octanol–water partition coefficient (Wildman–Crippen LogP) is 3.41. The Kier molecular flexibility index (Phi) is 6.84. The van der Waals surface area contributed by atoms with E-state index in [1.54, 1.807) is 0 Å². The van der Waals surface area contributed by atoms with Crippen molar-refractivity contribution in [1.29, 1.82) is 0 Å². The highest BCUT2D eigenvalue weighted by Gasteiger charge is 2.00. The summed E-state index contributed by atoms with van der Waals surface area (Å²) >= 11 is 0. The van der Waals surface area contributed by atoms with Gasteiger partial charge in [-0.15, -0.1) is 0 Å². The highest BCUT2D eigenvalue weighted by atomic mass is 13.9. The zero-order valence-corrected chi connectivity index (χ0v) is 14.9. The van der Waals surface area contributed by atoms with Crippen LogP contribution < -0.4 is 10.9 Å². The molecule has 0 aromatic heterocycles. The molecule has 2 aromatic rings. The molecule has 0 spiro atoms. The molecule has 2 heteroatoms. The first kappa shape index (κ1) is 18.0. The van der Waals surface area contributed by atoms with E-state index >= 15 is 0 Å². The van der Waals surface area contributed by atoms with Crippen molar-refractivity contribution in [2.45, 2.75) is 39.3 Å². The minimum absolute atomic E-state index is 0.553. The third-order valence-corrected chi connectivity index (χ3v) is 3.35. The van der Waals surface area contributed by atoms with Crippen LogP contribution in [0.15, 0.2) is 48.5 Å². The van der Waals surface area contributed by atoms with Gasteiger partial charge in [0.15, 0.2) is 14.6 Å². The molecule has 0 aliphatic carbocycles. The highest BCUT2D eigenvalue weighted by Crippen LogP contribution is 2.00. The number of hydrogen-bond donors (Lipinski definition) is 0. The van der Waals surface area contributed by atoms with Crippen molar-refractivity contribution >= 4 is 25.5 Å². The second-order valence-electron chi connectivity index (χ2n) is 6.57. The smallest absolute Gasteiger partial charge is 0.0874 e. The Balaban J connectivity index is 1.97. The Hall–Kier alpha value is -2.31. The maximum atomic E-state index is 3.09. The zero-order chi connectivity index (χ0) is 17.4. The zero-order valence-electron chi connectivity index (χ0n) is 14.9. The van der Waals surface area contributed by atoms with Crippen molar-refractivity contribution in [2.75, 3.05) is 0 Å². The molecule has 0 nitrogen and oxygen atoms in total. The van der Waals surface area contributed by atoms with Gasteiger partial charge in [-0.2, -0.15) is 0 Å². The van der Waals surface area contributed by atoms with Gasteiger partial charge in [-0.05, 0) is 36.1 Å². The molecule has 0 saturated carbocycles. The van der Waals surface area contributed by atoms with Gasteiger partial charge < -0.3 is 0 Å². The van der Waals surface area contributed by atoms with E-state index in [9.17, 15) is 0 Å². The minimum atomic E-state index is 0.553. The van der Waals surface area contributed by atoms with Crippen LogP contribution in [0.5, 0.6) is 0 Å². The summed E-state index contributed by atoms with van der Waals surface area (Å²) in [6.07, 6.45) is 0. The summed E-state index contributed by atoms with van der Waals surface area (Å²) in [5.74, 6) is 13.1. The summed E-state index contributed by atoms with van der Waals surface area (Å²) in [4.78, 5) is 0. The lowest BCUT2D eigenvalue weighted by Crippen LogP contribution is -2.15. The molecule has 0 heterocycles. The Morgan fingerprint density at radius 2 is 0.917 bits per heavy atom. The number of hydrogen-bond acceptors (Lipinski definition) is 0. The van der Waals surface area contributed by atoms with E-state index in [0.717, 1.165) is 11.1 Å². The van der Waals surface area contributed by atoms with E-state index < -0.39 is 0 Å². The lowest BCUT2D eigenvalue weighted by Gasteiger charge is -2.02. The van der Waals surface area contributed by atoms with Crippen molar-refractivity contribution in [1.82, 2.24) is 0 Å². The molecule has 116 valence electrons. The molecule has 0 amide bonds. The fraction of sp³-hybridized carbons (Fsp3) is 0.273. The summed E-state index contributed by atoms with van der Waals surface area (Å²) in [7, 11) is 4.47. The molecule has 0 aliphatic heterocycles. The van der Waals surface area contributed by atoms with E-state index in [2.05, 4.69) is 90.2 Å². The van der Waals surface area contributed by atoms with Crippen molar-refractivity contribution in [3.05, 3.63) is 59.7 Å². The Morgan fingerprint density at radius 1 is 0.583 bits per heavy atom. The molecule has 0 fully saturated rings. The van der Waals surface area contributed by atoms with Gasteiger partial charge >= 0.3 is 0 Å². The second-order valence-corrected chi connectivity index (χ2v) is 6.57. The van der Waals surface area contributed by atoms with Gasteiger partial charge in [-0.25, -0.2) is 0 Å². The molecule has 24 heavy (non-hydrogen) atoms. The van der Waals surface area contributed by atoms with Crippen LogP contribution in [0, 0.1) is 23.7 Å². The van der Waals surface area contributed by atoms with Crippen LogP contribution in [-0.4, -0.2) is 14.6 Å². The fourth-order valence-corrected chi connectivity index (χ4v) is 2.33. The number of benzene rings is 2. The van der Waals surface area contributed by atoms with Crippen LogP contribution in [-0.2, 0) is 0 Å². The van der Waals surface area contributed by atoms with Gasteiger partial charge in [0.1, 0.15) is 0 Å². The third kappa shape index (κ3) is 6.44. The second kappa shape index (κ2) is 9.10. The highest BCUT2D eigenvalue weighted by molar-refractivity contribution is 6.55. The molecular formula is C22H22B2. The SMILES string of the molecule is CC(C)[B]c1ccc(C#CC#Cc2ccc([B]C(C)C)cc2)cc1. The van der Waals surface area contributed by atoms with E-state index in [1.165, 1.54) is 10.9 Å². The average molecular weight is 308 g/mol. The van der Waals surface area contributed by atoms with Gasteiger partial charge in [0.05, 0.1) is 0 Å². The van der Waals surface area contributed by atoms with Crippen LogP contribution in [0.2, 0.25) is 11.6 Å². The van der Waals surface area contributed by atoms with Crippen molar-refractivity contribution in [3.63, 3.8) is 0 Å².